The second kappa shape index (κ2) is 9.37. The monoisotopic (exact) mass is 435 g/mol. The Morgan fingerprint density at radius 3 is 2.10 bits per heavy atom. The molecule has 7 heteroatoms. The number of halogens is 1. The van der Waals surface area contributed by atoms with Gasteiger partial charge in [0.15, 0.2) is 11.6 Å². The van der Waals surface area contributed by atoms with Crippen molar-refractivity contribution in [2.24, 2.45) is 0 Å². The summed E-state index contributed by atoms with van der Waals surface area (Å²) in [5.41, 5.74) is 4.65. The van der Waals surface area contributed by atoms with Gasteiger partial charge in [-0.25, -0.2) is 14.6 Å². The van der Waals surface area contributed by atoms with E-state index in [2.05, 4.69) is 29.2 Å². The third kappa shape index (κ3) is 4.50. The first-order chi connectivity index (χ1) is 15.1. The van der Waals surface area contributed by atoms with E-state index in [-0.39, 0.29) is 0 Å². The Hall–Kier alpha value is -3.09. The average Bonchev–Trinajstić information content (AvgIpc) is 3.12. The predicted octanol–water partition coefficient (Wildman–Crippen LogP) is 4.85. The Bertz CT molecular complexity index is 1120. The summed E-state index contributed by atoms with van der Waals surface area (Å²) in [4.78, 5) is 11.7. The summed E-state index contributed by atoms with van der Waals surface area (Å²) in [6.07, 6.45) is 0. The molecule has 0 saturated carbocycles. The van der Waals surface area contributed by atoms with Crippen molar-refractivity contribution < 1.29 is 4.74 Å². The number of pyridine rings is 1. The van der Waals surface area contributed by atoms with Gasteiger partial charge in [-0.3, -0.25) is 0 Å². The summed E-state index contributed by atoms with van der Waals surface area (Å²) >= 11 is 6.56. The van der Waals surface area contributed by atoms with E-state index in [1.807, 2.05) is 50.2 Å². The quantitative estimate of drug-likeness (QED) is 0.316. The first-order valence-corrected chi connectivity index (χ1v) is 10.7. The number of anilines is 1. The zero-order valence-electron chi connectivity index (χ0n) is 17.8. The third-order valence-electron chi connectivity index (χ3n) is 5.23. The highest BCUT2D eigenvalue weighted by molar-refractivity contribution is 6.31. The molecule has 2 N–H and O–H groups in total. The number of hydrogen-bond acceptors (Lipinski definition) is 5. The normalized spacial score (nSPS) is 11.2. The lowest BCUT2D eigenvalue weighted by Gasteiger charge is -2.25. The molecule has 0 aliphatic rings. The number of benzene rings is 2. The summed E-state index contributed by atoms with van der Waals surface area (Å²) in [5.74, 6) is 7.74. The topological polar surface area (TPSA) is 69.2 Å². The molecular weight excluding hydrogens is 410 g/mol. The third-order valence-corrected chi connectivity index (χ3v) is 5.60. The summed E-state index contributed by atoms with van der Waals surface area (Å²) in [6.45, 7) is 6.10. The van der Waals surface area contributed by atoms with E-state index in [4.69, 9.17) is 32.1 Å². The van der Waals surface area contributed by atoms with E-state index in [0.29, 0.717) is 43.1 Å². The van der Waals surface area contributed by atoms with Crippen LogP contribution >= 0.6 is 11.6 Å². The fourth-order valence-corrected chi connectivity index (χ4v) is 3.82. The van der Waals surface area contributed by atoms with Crippen LogP contribution in [-0.2, 0) is 24.4 Å². The van der Waals surface area contributed by atoms with Gasteiger partial charge in [-0.05, 0) is 25.0 Å². The fraction of sp³-hybridized carbons (Fsp3) is 0.250. The van der Waals surface area contributed by atoms with Crippen LogP contribution in [0.3, 0.4) is 0 Å². The first-order valence-electron chi connectivity index (χ1n) is 10.3. The van der Waals surface area contributed by atoms with Crippen molar-refractivity contribution in [1.82, 2.24) is 14.6 Å². The van der Waals surface area contributed by atoms with Crippen LogP contribution in [0.2, 0.25) is 5.15 Å². The highest BCUT2D eigenvalue weighted by Crippen LogP contribution is 2.33. The van der Waals surface area contributed by atoms with Gasteiger partial charge in [0.1, 0.15) is 17.3 Å². The van der Waals surface area contributed by atoms with Crippen molar-refractivity contribution >= 4 is 28.5 Å². The first kappa shape index (κ1) is 21.2. The summed E-state index contributed by atoms with van der Waals surface area (Å²) in [5, 5.41) is 0.420. The maximum atomic E-state index is 6.56. The van der Waals surface area contributed by atoms with Crippen LogP contribution in [0.5, 0.6) is 0 Å². The molecule has 0 bridgehead atoms. The molecule has 2 aromatic heterocycles. The molecule has 4 aromatic rings. The van der Waals surface area contributed by atoms with Crippen molar-refractivity contribution in [3.8, 4) is 0 Å². The van der Waals surface area contributed by atoms with Crippen LogP contribution in [0, 0.1) is 6.92 Å². The number of nitrogen functional groups attached to an aromatic ring is 1. The Morgan fingerprint density at radius 2 is 1.55 bits per heavy atom. The zero-order chi connectivity index (χ0) is 21.8. The van der Waals surface area contributed by atoms with Gasteiger partial charge < -0.3 is 15.5 Å². The second-order valence-electron chi connectivity index (χ2n) is 7.41. The Kier molecular flexibility index (Phi) is 6.39. The molecule has 6 nitrogen and oxygen atoms in total. The summed E-state index contributed by atoms with van der Waals surface area (Å²) in [6, 6.07) is 20.6. The number of fused-ring (bicyclic) bond motifs is 1. The molecule has 4 rings (SSSR count). The number of nitrogens with zero attached hydrogens (tertiary/aromatic N) is 4. The SMILES string of the molecule is CCOCc1nc2c(N(Cc3ccccc3)Cc3ccccc3)nc(Cl)c(C)c2n1N. The minimum absolute atomic E-state index is 0.329. The van der Waals surface area contributed by atoms with Gasteiger partial charge in [-0.15, -0.1) is 0 Å². The molecular formula is C24H26ClN5O. The molecule has 0 unspecified atom stereocenters. The maximum absolute atomic E-state index is 6.56. The van der Waals surface area contributed by atoms with Crippen molar-refractivity contribution in [2.45, 2.75) is 33.5 Å². The van der Waals surface area contributed by atoms with Crippen LogP contribution in [-0.4, -0.2) is 21.3 Å². The molecule has 2 heterocycles. The van der Waals surface area contributed by atoms with Gasteiger partial charge >= 0.3 is 0 Å². The number of imidazole rings is 1. The predicted molar refractivity (Wildman–Crippen MR) is 126 cm³/mol. The lowest BCUT2D eigenvalue weighted by Crippen LogP contribution is -2.24. The molecule has 0 radical (unpaired) electrons. The second-order valence-corrected chi connectivity index (χ2v) is 7.77. The van der Waals surface area contributed by atoms with E-state index < -0.39 is 0 Å². The van der Waals surface area contributed by atoms with Gasteiger partial charge in [-0.1, -0.05) is 72.3 Å². The standard InChI is InChI=1S/C24H26ClN5O/c1-3-31-16-20-27-21-22(30(20)26)17(2)23(25)28-24(21)29(14-18-10-6-4-7-11-18)15-19-12-8-5-9-13-19/h4-13H,3,14-16,26H2,1-2H3. The van der Waals surface area contributed by atoms with Crippen LogP contribution in [0.1, 0.15) is 29.4 Å². The molecule has 160 valence electrons. The zero-order valence-corrected chi connectivity index (χ0v) is 18.5. The number of rotatable bonds is 8. The highest BCUT2D eigenvalue weighted by atomic mass is 35.5. The van der Waals surface area contributed by atoms with Gasteiger partial charge in [0.25, 0.3) is 0 Å². The molecule has 0 aliphatic heterocycles. The number of aryl methyl sites for hydroxylation is 1. The van der Waals surface area contributed by atoms with E-state index >= 15 is 0 Å². The molecule has 0 atom stereocenters. The largest absolute Gasteiger partial charge is 0.374 e. The van der Waals surface area contributed by atoms with Gasteiger partial charge in [0.05, 0.1) is 5.52 Å². The molecule has 0 aliphatic carbocycles. The van der Waals surface area contributed by atoms with E-state index in [1.54, 1.807) is 4.68 Å². The lowest BCUT2D eigenvalue weighted by molar-refractivity contribution is 0.127. The molecule has 2 aromatic carbocycles. The minimum atomic E-state index is 0.329. The highest BCUT2D eigenvalue weighted by Gasteiger charge is 2.22. The van der Waals surface area contributed by atoms with Crippen molar-refractivity contribution in [1.29, 1.82) is 0 Å². The number of ether oxygens (including phenoxy) is 1. The van der Waals surface area contributed by atoms with Crippen LogP contribution < -0.4 is 10.7 Å². The smallest absolute Gasteiger partial charge is 0.159 e. The molecule has 0 spiro atoms. The van der Waals surface area contributed by atoms with E-state index in [1.165, 1.54) is 11.1 Å². The Morgan fingerprint density at radius 1 is 0.968 bits per heavy atom. The van der Waals surface area contributed by atoms with Crippen LogP contribution in [0.25, 0.3) is 11.0 Å². The van der Waals surface area contributed by atoms with Crippen LogP contribution in [0.4, 0.5) is 5.82 Å². The summed E-state index contributed by atoms with van der Waals surface area (Å²) in [7, 11) is 0. The van der Waals surface area contributed by atoms with Gasteiger partial charge in [-0.2, -0.15) is 0 Å². The Balaban J connectivity index is 1.84. The summed E-state index contributed by atoms with van der Waals surface area (Å²) < 4.78 is 7.13. The van der Waals surface area contributed by atoms with Crippen LogP contribution in [0.15, 0.2) is 60.7 Å². The average molecular weight is 436 g/mol. The molecule has 0 fully saturated rings. The molecule has 0 saturated heterocycles. The van der Waals surface area contributed by atoms with Crippen molar-refractivity contribution in [3.63, 3.8) is 0 Å². The molecule has 31 heavy (non-hydrogen) atoms. The van der Waals surface area contributed by atoms with Crippen molar-refractivity contribution in [2.75, 3.05) is 17.3 Å². The van der Waals surface area contributed by atoms with Gasteiger partial charge in [0.2, 0.25) is 0 Å². The number of nitrogens with two attached hydrogens (primary N) is 1. The minimum Gasteiger partial charge on any atom is -0.374 e. The Labute approximate surface area is 187 Å². The molecule has 0 amide bonds. The lowest BCUT2D eigenvalue weighted by atomic mass is 10.1. The van der Waals surface area contributed by atoms with Crippen molar-refractivity contribution in [3.05, 3.63) is 88.3 Å². The van der Waals surface area contributed by atoms with E-state index in [0.717, 1.165) is 16.6 Å². The van der Waals surface area contributed by atoms with Gasteiger partial charge in [0, 0.05) is 25.3 Å². The number of aromatic nitrogens is 3. The maximum Gasteiger partial charge on any atom is 0.159 e. The van der Waals surface area contributed by atoms with E-state index in [9.17, 15) is 0 Å². The number of hydrogen-bond donors (Lipinski definition) is 1. The fourth-order valence-electron chi connectivity index (χ4n) is 3.65.